The van der Waals surface area contributed by atoms with Crippen LogP contribution in [0.25, 0.3) is 0 Å². The van der Waals surface area contributed by atoms with Crippen LogP contribution >= 0.6 is 15.9 Å². The normalized spacial score (nSPS) is 13.9. The lowest BCUT2D eigenvalue weighted by atomic mass is 10.3. The molecule has 0 aliphatic rings. The molecule has 4 heteroatoms. The first-order valence-electron chi connectivity index (χ1n) is 4.45. The summed E-state index contributed by atoms with van der Waals surface area (Å²) in [4.78, 5) is 0. The van der Waals surface area contributed by atoms with E-state index < -0.39 is 4.65 Å². The first-order valence-corrected chi connectivity index (χ1v) is 5.25. The highest BCUT2D eigenvalue weighted by Gasteiger charge is 2.11. The third kappa shape index (κ3) is 3.65. The minimum Gasteiger partial charge on any atom is -0.627 e. The van der Waals surface area contributed by atoms with Crippen LogP contribution in [0.15, 0.2) is 28.7 Å². The summed E-state index contributed by atoms with van der Waals surface area (Å²) in [6, 6.07) is 7.17. The van der Waals surface area contributed by atoms with Crippen LogP contribution in [0, 0.1) is 17.0 Å². The molecule has 0 saturated carbocycles. The Morgan fingerprint density at radius 3 is 2.47 bits per heavy atom. The zero-order chi connectivity index (χ0) is 11.3. The molecule has 1 unspecified atom stereocenters. The number of hydroxylamine groups is 2. The molecule has 0 spiro atoms. The van der Waals surface area contributed by atoms with E-state index in [1.54, 1.807) is 12.1 Å². The topological polar surface area (TPSA) is 43.3 Å². The van der Waals surface area contributed by atoms with Gasteiger partial charge < -0.3 is 15.0 Å². The van der Waals surface area contributed by atoms with Crippen molar-refractivity contribution in [2.45, 2.75) is 0 Å². The molecule has 80 valence electrons. The Labute approximate surface area is 97.6 Å². The number of rotatable bonds is 2. The standard InChI is InChI=1S/C11H12BrNO2/c1-13(15,8-2-3-9-14)11-6-4-10(12)5-7-11/h4-7,14H,8-9H2,1H3. The van der Waals surface area contributed by atoms with Gasteiger partial charge in [-0.3, -0.25) is 0 Å². The van der Waals surface area contributed by atoms with Gasteiger partial charge in [-0.2, -0.15) is 0 Å². The molecule has 0 amide bonds. The Balaban J connectivity index is 2.80. The van der Waals surface area contributed by atoms with E-state index in [9.17, 15) is 5.21 Å². The van der Waals surface area contributed by atoms with Gasteiger partial charge >= 0.3 is 0 Å². The Hall–Kier alpha value is -0.860. The smallest absolute Gasteiger partial charge is 0.145 e. The van der Waals surface area contributed by atoms with Crippen LogP contribution in [0.3, 0.4) is 0 Å². The molecule has 0 heterocycles. The number of nitrogens with zero attached hydrogens (tertiary/aromatic N) is 1. The number of hydrogen-bond donors (Lipinski definition) is 1. The van der Waals surface area contributed by atoms with Crippen LogP contribution in [0.2, 0.25) is 0 Å². The summed E-state index contributed by atoms with van der Waals surface area (Å²) in [5.74, 6) is 5.10. The van der Waals surface area contributed by atoms with Gasteiger partial charge in [0.05, 0.1) is 7.05 Å². The van der Waals surface area contributed by atoms with Gasteiger partial charge in [0.2, 0.25) is 0 Å². The van der Waals surface area contributed by atoms with Gasteiger partial charge in [0.25, 0.3) is 0 Å². The molecule has 1 aromatic carbocycles. The molecular weight excluding hydrogens is 258 g/mol. The van der Waals surface area contributed by atoms with Gasteiger partial charge in [0.15, 0.2) is 0 Å². The van der Waals surface area contributed by atoms with Crippen molar-refractivity contribution in [1.82, 2.24) is 4.65 Å². The number of aliphatic hydroxyl groups excluding tert-OH is 1. The number of aliphatic hydroxyl groups is 1. The van der Waals surface area contributed by atoms with E-state index in [1.165, 1.54) is 7.05 Å². The molecule has 3 nitrogen and oxygen atoms in total. The van der Waals surface area contributed by atoms with Gasteiger partial charge in [-0.1, -0.05) is 21.9 Å². The minimum atomic E-state index is -0.555. The summed E-state index contributed by atoms with van der Waals surface area (Å²) in [6.45, 7) is -0.0669. The summed E-state index contributed by atoms with van der Waals surface area (Å²) in [6.07, 6.45) is 0. The van der Waals surface area contributed by atoms with Crippen LogP contribution in [0.4, 0.5) is 5.69 Å². The maximum Gasteiger partial charge on any atom is 0.145 e. The fraction of sp³-hybridized carbons (Fsp3) is 0.273. The zero-order valence-corrected chi connectivity index (χ0v) is 9.99. The van der Waals surface area contributed by atoms with Crippen molar-refractivity contribution in [3.63, 3.8) is 0 Å². The minimum absolute atomic E-state index is 0.141. The summed E-state index contributed by atoms with van der Waals surface area (Å²) < 4.78 is 0.382. The second-order valence-corrected chi connectivity index (χ2v) is 4.16. The molecule has 0 radical (unpaired) electrons. The fourth-order valence-corrected chi connectivity index (χ4v) is 1.37. The molecule has 0 aliphatic carbocycles. The van der Waals surface area contributed by atoms with Crippen molar-refractivity contribution in [1.29, 1.82) is 0 Å². The van der Waals surface area contributed by atoms with E-state index in [0.29, 0.717) is 5.69 Å². The number of hydrogen-bond acceptors (Lipinski definition) is 2. The monoisotopic (exact) mass is 269 g/mol. The molecular formula is C11H12BrNO2. The van der Waals surface area contributed by atoms with Gasteiger partial charge in [0.1, 0.15) is 18.8 Å². The van der Waals surface area contributed by atoms with Gasteiger partial charge in [-0.05, 0) is 18.1 Å². The molecule has 1 atom stereocenters. The Morgan fingerprint density at radius 2 is 1.93 bits per heavy atom. The quantitative estimate of drug-likeness (QED) is 0.506. The highest BCUT2D eigenvalue weighted by Crippen LogP contribution is 2.21. The van der Waals surface area contributed by atoms with E-state index in [2.05, 4.69) is 27.8 Å². The maximum absolute atomic E-state index is 12.0. The van der Waals surface area contributed by atoms with E-state index in [0.717, 1.165) is 4.47 Å². The van der Waals surface area contributed by atoms with Gasteiger partial charge in [-0.15, -0.1) is 0 Å². The molecule has 15 heavy (non-hydrogen) atoms. The van der Waals surface area contributed by atoms with E-state index in [4.69, 9.17) is 5.11 Å². The van der Waals surface area contributed by atoms with Crippen LogP contribution in [0.1, 0.15) is 0 Å². The Bertz CT molecular complexity index is 376. The lowest BCUT2D eigenvalue weighted by molar-refractivity contribution is 0.350. The molecule has 1 N–H and O–H groups in total. The lowest BCUT2D eigenvalue weighted by Gasteiger charge is -2.36. The molecule has 0 saturated heterocycles. The van der Waals surface area contributed by atoms with Crippen LogP contribution in [0.5, 0.6) is 0 Å². The van der Waals surface area contributed by atoms with E-state index in [-0.39, 0.29) is 13.2 Å². The largest absolute Gasteiger partial charge is 0.627 e. The third-order valence-corrected chi connectivity index (χ3v) is 2.49. The zero-order valence-electron chi connectivity index (χ0n) is 8.40. The lowest BCUT2D eigenvalue weighted by Crippen LogP contribution is -2.38. The van der Waals surface area contributed by atoms with E-state index in [1.807, 2.05) is 12.1 Å². The van der Waals surface area contributed by atoms with Crippen molar-refractivity contribution < 1.29 is 5.11 Å². The summed E-state index contributed by atoms with van der Waals surface area (Å²) >= 11 is 3.31. The van der Waals surface area contributed by atoms with Gasteiger partial charge in [0, 0.05) is 16.6 Å². The molecule has 0 aromatic heterocycles. The maximum atomic E-state index is 12.0. The van der Waals surface area contributed by atoms with Crippen molar-refractivity contribution in [3.05, 3.63) is 33.9 Å². The SMILES string of the molecule is C[N+]([O-])(CC#CCO)c1ccc(Br)cc1. The third-order valence-electron chi connectivity index (χ3n) is 1.96. The highest BCUT2D eigenvalue weighted by molar-refractivity contribution is 9.10. The van der Waals surface area contributed by atoms with Crippen molar-refractivity contribution in [2.75, 3.05) is 20.2 Å². The van der Waals surface area contributed by atoms with Gasteiger partial charge in [-0.25, -0.2) is 0 Å². The van der Waals surface area contributed by atoms with Crippen LogP contribution in [-0.2, 0) is 0 Å². The fourth-order valence-electron chi connectivity index (χ4n) is 1.11. The Morgan fingerprint density at radius 1 is 1.33 bits per heavy atom. The molecule has 0 fully saturated rings. The number of quaternary nitrogens is 1. The predicted octanol–water partition coefficient (Wildman–Crippen LogP) is 1.88. The van der Waals surface area contributed by atoms with Crippen molar-refractivity contribution in [3.8, 4) is 11.8 Å². The molecule has 1 aromatic rings. The van der Waals surface area contributed by atoms with Crippen molar-refractivity contribution >= 4 is 21.6 Å². The average Bonchev–Trinajstić information content (AvgIpc) is 2.18. The second-order valence-electron chi connectivity index (χ2n) is 3.25. The average molecular weight is 270 g/mol. The molecule has 1 rings (SSSR count). The Kier molecular flexibility index (Phi) is 4.30. The molecule has 0 bridgehead atoms. The van der Waals surface area contributed by atoms with Crippen LogP contribution < -0.4 is 4.65 Å². The number of benzene rings is 1. The van der Waals surface area contributed by atoms with E-state index >= 15 is 0 Å². The van der Waals surface area contributed by atoms with Crippen LogP contribution in [-0.4, -0.2) is 25.3 Å². The summed E-state index contributed by atoms with van der Waals surface area (Å²) in [5.41, 5.74) is 0.644. The number of halogens is 1. The summed E-state index contributed by atoms with van der Waals surface area (Å²) in [5, 5.41) is 20.5. The first-order chi connectivity index (χ1) is 7.06. The first kappa shape index (κ1) is 12.2. The highest BCUT2D eigenvalue weighted by atomic mass is 79.9. The summed E-state index contributed by atoms with van der Waals surface area (Å²) in [7, 11) is 1.54. The van der Waals surface area contributed by atoms with Crippen molar-refractivity contribution in [2.24, 2.45) is 0 Å². The predicted molar refractivity (Wildman–Crippen MR) is 65.0 cm³/mol. The molecule has 0 aliphatic heterocycles. The second kappa shape index (κ2) is 5.29.